The van der Waals surface area contributed by atoms with Crippen LogP contribution in [0.25, 0.3) is 0 Å². The maximum Gasteiger partial charge on any atom is 0.146 e. The highest BCUT2D eigenvalue weighted by atomic mass is 19.1. The Morgan fingerprint density at radius 1 is 1.48 bits per heavy atom. The standard InChI is InChI=1S/C16H25FN2O2/c1-12(2)8-18-9-13-3-4-16(15(17)7-13)19-5-6-21-14(10-19)11-20/h3-4,7,12,14,18,20H,5-6,8-11H2,1-2H3. The third kappa shape index (κ3) is 4.66. The van der Waals surface area contributed by atoms with Crippen molar-refractivity contribution in [2.45, 2.75) is 26.5 Å². The lowest BCUT2D eigenvalue weighted by Gasteiger charge is -2.34. The molecule has 0 bridgehead atoms. The topological polar surface area (TPSA) is 44.7 Å². The molecule has 0 saturated carbocycles. The van der Waals surface area contributed by atoms with Crippen LogP contribution in [0.5, 0.6) is 0 Å². The molecule has 1 heterocycles. The minimum absolute atomic E-state index is 0.0324. The Labute approximate surface area is 125 Å². The molecule has 118 valence electrons. The molecule has 0 aromatic heterocycles. The number of nitrogens with one attached hydrogen (secondary N) is 1. The molecule has 2 N–H and O–H groups in total. The van der Waals surface area contributed by atoms with Crippen molar-refractivity contribution < 1.29 is 14.2 Å². The van der Waals surface area contributed by atoms with E-state index in [4.69, 9.17) is 9.84 Å². The van der Waals surface area contributed by atoms with Gasteiger partial charge < -0.3 is 20.1 Å². The molecule has 0 aliphatic carbocycles. The average molecular weight is 296 g/mol. The van der Waals surface area contributed by atoms with Gasteiger partial charge in [-0.1, -0.05) is 19.9 Å². The fourth-order valence-electron chi connectivity index (χ4n) is 2.47. The van der Waals surface area contributed by atoms with Crippen molar-refractivity contribution in [1.29, 1.82) is 0 Å². The predicted molar refractivity (Wildman–Crippen MR) is 82.0 cm³/mol. The molecule has 0 spiro atoms. The third-order valence-electron chi connectivity index (χ3n) is 3.58. The zero-order valence-electron chi connectivity index (χ0n) is 12.8. The van der Waals surface area contributed by atoms with Crippen LogP contribution in [0, 0.1) is 11.7 Å². The molecule has 1 unspecified atom stereocenters. The van der Waals surface area contributed by atoms with E-state index < -0.39 is 0 Å². The van der Waals surface area contributed by atoms with E-state index in [1.807, 2.05) is 17.0 Å². The summed E-state index contributed by atoms with van der Waals surface area (Å²) in [5.41, 5.74) is 1.54. The number of aliphatic hydroxyl groups excluding tert-OH is 1. The van der Waals surface area contributed by atoms with Gasteiger partial charge in [0, 0.05) is 19.6 Å². The molecule has 5 heteroatoms. The molecule has 0 radical (unpaired) electrons. The van der Waals surface area contributed by atoms with Gasteiger partial charge in [-0.3, -0.25) is 0 Å². The fraction of sp³-hybridized carbons (Fsp3) is 0.625. The molecule has 1 aliphatic rings. The lowest BCUT2D eigenvalue weighted by Crippen LogP contribution is -2.44. The normalized spacial score (nSPS) is 19.3. The molecule has 0 amide bonds. The molecule has 1 aromatic rings. The molecule has 1 atom stereocenters. The first-order valence-electron chi connectivity index (χ1n) is 7.56. The Hall–Kier alpha value is -1.17. The Morgan fingerprint density at radius 2 is 2.29 bits per heavy atom. The van der Waals surface area contributed by atoms with Crippen molar-refractivity contribution in [3.63, 3.8) is 0 Å². The van der Waals surface area contributed by atoms with Gasteiger partial charge in [0.15, 0.2) is 0 Å². The number of anilines is 1. The van der Waals surface area contributed by atoms with Crippen molar-refractivity contribution in [3.05, 3.63) is 29.6 Å². The highest BCUT2D eigenvalue weighted by Gasteiger charge is 2.22. The lowest BCUT2D eigenvalue weighted by molar-refractivity contribution is 0.00341. The van der Waals surface area contributed by atoms with Crippen LogP contribution in [0.3, 0.4) is 0 Å². The van der Waals surface area contributed by atoms with E-state index in [0.717, 1.165) is 12.1 Å². The lowest BCUT2D eigenvalue weighted by atomic mass is 10.1. The van der Waals surface area contributed by atoms with Crippen molar-refractivity contribution >= 4 is 5.69 Å². The average Bonchev–Trinajstić information content (AvgIpc) is 2.47. The van der Waals surface area contributed by atoms with Gasteiger partial charge in [-0.2, -0.15) is 0 Å². The predicted octanol–water partition coefficient (Wildman–Crippen LogP) is 1.77. The molecule has 1 aliphatic heterocycles. The molecule has 2 rings (SSSR count). The highest BCUT2D eigenvalue weighted by molar-refractivity contribution is 5.49. The number of nitrogens with zero attached hydrogens (tertiary/aromatic N) is 1. The van der Waals surface area contributed by atoms with Crippen LogP contribution in [0.2, 0.25) is 0 Å². The molecule has 1 saturated heterocycles. The van der Waals surface area contributed by atoms with E-state index in [2.05, 4.69) is 19.2 Å². The Balaban J connectivity index is 1.98. The van der Waals surface area contributed by atoms with Crippen LogP contribution in [0.4, 0.5) is 10.1 Å². The summed E-state index contributed by atoms with van der Waals surface area (Å²) in [7, 11) is 0. The van der Waals surface area contributed by atoms with Gasteiger partial charge in [0.25, 0.3) is 0 Å². The van der Waals surface area contributed by atoms with E-state index in [1.165, 1.54) is 0 Å². The smallest absolute Gasteiger partial charge is 0.146 e. The number of hydrogen-bond acceptors (Lipinski definition) is 4. The number of ether oxygens (including phenoxy) is 1. The zero-order chi connectivity index (χ0) is 15.2. The quantitative estimate of drug-likeness (QED) is 0.840. The number of morpholine rings is 1. The molecule has 21 heavy (non-hydrogen) atoms. The van der Waals surface area contributed by atoms with Crippen LogP contribution in [0.1, 0.15) is 19.4 Å². The Kier molecular flexibility index (Phi) is 5.96. The largest absolute Gasteiger partial charge is 0.394 e. The summed E-state index contributed by atoms with van der Waals surface area (Å²) < 4.78 is 19.7. The summed E-state index contributed by atoms with van der Waals surface area (Å²) in [4.78, 5) is 1.94. The molecule has 1 fully saturated rings. The number of halogens is 1. The number of hydrogen-bond donors (Lipinski definition) is 2. The number of rotatable bonds is 6. The van der Waals surface area contributed by atoms with Crippen LogP contribution < -0.4 is 10.2 Å². The first kappa shape index (κ1) is 16.2. The molecule has 4 nitrogen and oxygen atoms in total. The fourth-order valence-corrected chi connectivity index (χ4v) is 2.47. The maximum absolute atomic E-state index is 14.3. The van der Waals surface area contributed by atoms with E-state index in [0.29, 0.717) is 37.8 Å². The number of benzene rings is 1. The first-order valence-corrected chi connectivity index (χ1v) is 7.56. The van der Waals surface area contributed by atoms with Gasteiger partial charge in [0.1, 0.15) is 5.82 Å². The minimum Gasteiger partial charge on any atom is -0.394 e. The third-order valence-corrected chi connectivity index (χ3v) is 3.58. The van der Waals surface area contributed by atoms with Gasteiger partial charge in [0.2, 0.25) is 0 Å². The summed E-state index contributed by atoms with van der Waals surface area (Å²) in [5, 5.41) is 12.5. The summed E-state index contributed by atoms with van der Waals surface area (Å²) in [5.74, 6) is 0.371. The van der Waals surface area contributed by atoms with Crippen LogP contribution in [-0.4, -0.2) is 44.1 Å². The van der Waals surface area contributed by atoms with Gasteiger partial charge in [-0.05, 0) is 30.2 Å². The minimum atomic E-state index is -0.231. The van der Waals surface area contributed by atoms with E-state index in [1.54, 1.807) is 6.07 Å². The van der Waals surface area contributed by atoms with Crippen molar-refractivity contribution in [2.24, 2.45) is 5.92 Å². The molecule has 1 aromatic carbocycles. The van der Waals surface area contributed by atoms with Crippen molar-refractivity contribution in [1.82, 2.24) is 5.32 Å². The zero-order valence-corrected chi connectivity index (χ0v) is 12.8. The molecular formula is C16H25FN2O2. The SMILES string of the molecule is CC(C)CNCc1ccc(N2CCOC(CO)C2)c(F)c1. The monoisotopic (exact) mass is 296 g/mol. The van der Waals surface area contributed by atoms with Crippen LogP contribution in [-0.2, 0) is 11.3 Å². The van der Waals surface area contributed by atoms with Gasteiger partial charge >= 0.3 is 0 Å². The van der Waals surface area contributed by atoms with Gasteiger partial charge in [-0.15, -0.1) is 0 Å². The van der Waals surface area contributed by atoms with E-state index in [-0.39, 0.29) is 18.5 Å². The van der Waals surface area contributed by atoms with E-state index >= 15 is 0 Å². The number of aliphatic hydroxyl groups is 1. The van der Waals surface area contributed by atoms with Crippen LogP contribution >= 0.6 is 0 Å². The molecular weight excluding hydrogens is 271 g/mol. The van der Waals surface area contributed by atoms with Crippen molar-refractivity contribution in [3.8, 4) is 0 Å². The maximum atomic E-state index is 14.3. The first-order chi connectivity index (χ1) is 10.1. The summed E-state index contributed by atoms with van der Waals surface area (Å²) in [6.45, 7) is 7.55. The second-order valence-electron chi connectivity index (χ2n) is 5.93. The Morgan fingerprint density at radius 3 is 2.95 bits per heavy atom. The van der Waals surface area contributed by atoms with Crippen molar-refractivity contribution in [2.75, 3.05) is 37.7 Å². The second kappa shape index (κ2) is 7.73. The van der Waals surface area contributed by atoms with E-state index in [9.17, 15) is 4.39 Å². The Bertz CT molecular complexity index is 454. The second-order valence-corrected chi connectivity index (χ2v) is 5.93. The summed E-state index contributed by atoms with van der Waals surface area (Å²) >= 11 is 0. The van der Waals surface area contributed by atoms with Gasteiger partial charge in [-0.25, -0.2) is 4.39 Å². The highest BCUT2D eigenvalue weighted by Crippen LogP contribution is 2.22. The summed E-state index contributed by atoms with van der Waals surface area (Å²) in [6, 6.07) is 5.36. The summed E-state index contributed by atoms with van der Waals surface area (Å²) in [6.07, 6.45) is -0.231. The van der Waals surface area contributed by atoms with Gasteiger partial charge in [0.05, 0.1) is 25.0 Å². The van der Waals surface area contributed by atoms with Crippen LogP contribution in [0.15, 0.2) is 18.2 Å².